The van der Waals surface area contributed by atoms with E-state index in [9.17, 15) is 8.42 Å². The van der Waals surface area contributed by atoms with Gasteiger partial charge in [-0.1, -0.05) is 12.8 Å². The number of hydrogen-bond donors (Lipinski definition) is 1. The van der Waals surface area contributed by atoms with E-state index in [1.165, 1.54) is 0 Å². The first kappa shape index (κ1) is 12.5. The fourth-order valence-electron chi connectivity index (χ4n) is 1.95. The first-order valence-corrected chi connectivity index (χ1v) is 6.54. The first-order valence-electron chi connectivity index (χ1n) is 4.36. The van der Waals surface area contributed by atoms with Crippen molar-refractivity contribution in [3.05, 3.63) is 0 Å². The van der Waals surface area contributed by atoms with Crippen molar-refractivity contribution in [3.63, 3.8) is 0 Å². The van der Waals surface area contributed by atoms with Crippen molar-refractivity contribution in [1.82, 2.24) is 3.94 Å². The van der Waals surface area contributed by atoms with Gasteiger partial charge in [0.05, 0.1) is 5.54 Å². The van der Waals surface area contributed by atoms with Crippen molar-refractivity contribution < 1.29 is 13.0 Å². The van der Waals surface area contributed by atoms with Crippen LogP contribution >= 0.6 is 23.6 Å². The Morgan fingerprint density at radius 1 is 1.43 bits per heavy atom. The van der Waals surface area contributed by atoms with Gasteiger partial charge in [0.25, 0.3) is 10.1 Å². The van der Waals surface area contributed by atoms with Crippen LogP contribution in [0.5, 0.6) is 0 Å². The molecule has 1 rings (SSSR count). The fraction of sp³-hybridized carbons (Fsp3) is 1.00. The van der Waals surface area contributed by atoms with Crippen LogP contribution in [0.4, 0.5) is 0 Å². The molecule has 0 heterocycles. The third-order valence-electron chi connectivity index (χ3n) is 2.84. The molecule has 1 aliphatic rings. The molecule has 0 radical (unpaired) electrons. The van der Waals surface area contributed by atoms with Crippen molar-refractivity contribution in [3.8, 4) is 0 Å². The Balaban J connectivity index is 3.01. The van der Waals surface area contributed by atoms with E-state index in [4.69, 9.17) is 28.1 Å². The summed E-state index contributed by atoms with van der Waals surface area (Å²) in [4.78, 5) is 0. The molecule has 0 bridgehead atoms. The lowest BCUT2D eigenvalue weighted by Gasteiger charge is -2.40. The second kappa shape index (κ2) is 4.14. The average Bonchev–Trinajstić information content (AvgIpc) is 2.02. The summed E-state index contributed by atoms with van der Waals surface area (Å²) in [6.07, 6.45) is 2.58. The van der Waals surface area contributed by atoms with Gasteiger partial charge in [-0.05, 0) is 43.3 Å². The van der Waals surface area contributed by atoms with Crippen LogP contribution in [0.2, 0.25) is 0 Å². The molecule has 0 amide bonds. The number of hydrogen-bond acceptors (Lipinski definition) is 3. The lowest BCUT2D eigenvalue weighted by Crippen LogP contribution is -2.52. The molecule has 1 N–H and O–H groups in total. The maximum Gasteiger partial charge on any atom is 0.269 e. The van der Waals surface area contributed by atoms with Crippen molar-refractivity contribution in [2.45, 2.75) is 43.4 Å². The van der Waals surface area contributed by atoms with Gasteiger partial charge < -0.3 is 0 Å². The zero-order valence-electron chi connectivity index (χ0n) is 7.78. The molecule has 2 atom stereocenters. The predicted molar refractivity (Wildman–Crippen MR) is 55.8 cm³/mol. The minimum Gasteiger partial charge on any atom is -0.285 e. The van der Waals surface area contributed by atoms with E-state index in [0.717, 1.165) is 16.8 Å². The Bertz CT molecular complexity index is 306. The van der Waals surface area contributed by atoms with Crippen molar-refractivity contribution in [2.75, 3.05) is 0 Å². The van der Waals surface area contributed by atoms with Gasteiger partial charge in [0.2, 0.25) is 0 Å². The van der Waals surface area contributed by atoms with E-state index < -0.39 is 20.9 Å². The second-order valence-corrected chi connectivity index (χ2v) is 6.29. The minimum atomic E-state index is -4.09. The van der Waals surface area contributed by atoms with Gasteiger partial charge in [-0.2, -0.15) is 8.42 Å². The maximum atomic E-state index is 11.1. The summed E-state index contributed by atoms with van der Waals surface area (Å²) in [5.74, 6) is 0. The molecular weight excluding hydrogens is 249 g/mol. The molecule has 1 aliphatic carbocycles. The summed E-state index contributed by atoms with van der Waals surface area (Å²) in [7, 11) is -4.09. The Kier molecular flexibility index (Phi) is 3.70. The summed E-state index contributed by atoms with van der Waals surface area (Å²) in [6.45, 7) is 1.64. The summed E-state index contributed by atoms with van der Waals surface area (Å²) in [5.41, 5.74) is -0.894. The molecule has 0 aromatic heterocycles. The molecule has 84 valence electrons. The fourth-order valence-corrected chi connectivity index (χ4v) is 3.80. The van der Waals surface area contributed by atoms with Crippen LogP contribution in [0.15, 0.2) is 0 Å². The van der Waals surface area contributed by atoms with E-state index in [1.807, 2.05) is 0 Å². The summed E-state index contributed by atoms with van der Waals surface area (Å²) in [6, 6.07) is 0. The van der Waals surface area contributed by atoms with Crippen LogP contribution in [0.1, 0.15) is 32.6 Å². The molecule has 4 nitrogen and oxygen atoms in total. The molecule has 2 unspecified atom stereocenters. The van der Waals surface area contributed by atoms with Gasteiger partial charge in [-0.15, -0.1) is 3.94 Å². The van der Waals surface area contributed by atoms with E-state index >= 15 is 0 Å². The predicted octanol–water partition coefficient (Wildman–Crippen LogP) is 2.19. The van der Waals surface area contributed by atoms with Gasteiger partial charge in [0.15, 0.2) is 0 Å². The molecule has 14 heavy (non-hydrogen) atoms. The molecule has 0 spiro atoms. The zero-order chi connectivity index (χ0) is 11.0. The first-order chi connectivity index (χ1) is 6.28. The van der Waals surface area contributed by atoms with E-state index in [1.54, 1.807) is 6.92 Å². The average molecular weight is 262 g/mol. The van der Waals surface area contributed by atoms with Crippen LogP contribution < -0.4 is 0 Å². The van der Waals surface area contributed by atoms with Crippen LogP contribution in [0, 0.1) is 0 Å². The van der Waals surface area contributed by atoms with Gasteiger partial charge >= 0.3 is 0 Å². The number of rotatable bonds is 2. The molecule has 0 aromatic rings. The number of nitrogens with zero attached hydrogens (tertiary/aromatic N) is 1. The van der Waals surface area contributed by atoms with Gasteiger partial charge in [-0.25, -0.2) is 0 Å². The quantitative estimate of drug-likeness (QED) is 0.612. The highest BCUT2D eigenvalue weighted by atomic mass is 35.5. The summed E-state index contributed by atoms with van der Waals surface area (Å²) >= 11 is 11.2. The van der Waals surface area contributed by atoms with Crippen molar-refractivity contribution in [2.24, 2.45) is 0 Å². The summed E-state index contributed by atoms with van der Waals surface area (Å²) in [5, 5.41) is -0.904. The lowest BCUT2D eigenvalue weighted by atomic mass is 9.84. The highest BCUT2D eigenvalue weighted by Crippen LogP contribution is 2.39. The topological polar surface area (TPSA) is 57.6 Å². The molecule has 1 fully saturated rings. The molecule has 0 aromatic carbocycles. The van der Waals surface area contributed by atoms with E-state index in [0.29, 0.717) is 12.8 Å². The lowest BCUT2D eigenvalue weighted by molar-refractivity contribution is 0.219. The molecule has 0 aliphatic heterocycles. The van der Waals surface area contributed by atoms with Gasteiger partial charge in [0, 0.05) is 0 Å². The maximum absolute atomic E-state index is 11.1. The minimum absolute atomic E-state index is 0.394. The normalized spacial score (nSPS) is 34.8. The van der Waals surface area contributed by atoms with Crippen LogP contribution in [-0.2, 0) is 10.1 Å². The Hall–Kier alpha value is 0.450. The summed E-state index contributed by atoms with van der Waals surface area (Å²) < 4.78 is 32.1. The third kappa shape index (κ3) is 2.33. The standard InChI is InChI=1S/C7H13Cl2NO3S/c1-7(10(8)9)5-3-2-4-6(7)14(11,12)13/h6H,2-5H2,1H3,(H,11,12,13). The molecule has 1 saturated carbocycles. The zero-order valence-corrected chi connectivity index (χ0v) is 10.1. The third-order valence-corrected chi connectivity index (χ3v) is 5.07. The Morgan fingerprint density at radius 3 is 2.36 bits per heavy atom. The van der Waals surface area contributed by atoms with E-state index in [-0.39, 0.29) is 0 Å². The van der Waals surface area contributed by atoms with Crippen LogP contribution in [0.25, 0.3) is 0 Å². The molecular formula is C7H13Cl2NO3S. The largest absolute Gasteiger partial charge is 0.285 e. The Morgan fingerprint density at radius 2 is 2.00 bits per heavy atom. The second-order valence-electron chi connectivity index (χ2n) is 3.84. The van der Waals surface area contributed by atoms with Crippen LogP contribution in [-0.4, -0.2) is 27.7 Å². The SMILES string of the molecule is CC1(N(Cl)Cl)CCCCC1S(=O)(=O)O. The van der Waals surface area contributed by atoms with Crippen molar-refractivity contribution in [1.29, 1.82) is 0 Å². The highest BCUT2D eigenvalue weighted by Gasteiger charge is 2.47. The molecule has 7 heteroatoms. The van der Waals surface area contributed by atoms with Gasteiger partial charge in [-0.3, -0.25) is 4.55 Å². The monoisotopic (exact) mass is 261 g/mol. The van der Waals surface area contributed by atoms with Gasteiger partial charge in [0.1, 0.15) is 5.25 Å². The van der Waals surface area contributed by atoms with Crippen LogP contribution in [0.3, 0.4) is 0 Å². The smallest absolute Gasteiger partial charge is 0.269 e. The van der Waals surface area contributed by atoms with Crippen molar-refractivity contribution >= 4 is 33.7 Å². The Labute approximate surface area is 94.1 Å². The number of halogens is 2. The highest BCUT2D eigenvalue weighted by molar-refractivity contribution is 7.86. The van der Waals surface area contributed by atoms with E-state index in [2.05, 4.69) is 0 Å². The molecule has 0 saturated heterocycles.